The van der Waals surface area contributed by atoms with Crippen molar-refractivity contribution < 1.29 is 14.3 Å². The third kappa shape index (κ3) is 3.31. The maximum atomic E-state index is 12.2. The molecule has 2 aromatic rings. The molecule has 21 heavy (non-hydrogen) atoms. The second-order valence-electron chi connectivity index (χ2n) is 4.83. The molecule has 1 N–H and O–H groups in total. The largest absolute Gasteiger partial charge is 0.465 e. The van der Waals surface area contributed by atoms with Crippen LogP contribution in [-0.4, -0.2) is 19.0 Å². The standard InChI is InChI=1S/C16H17NO3S/c1-9-8-14(21-11(9)3)15(18)17-13-6-5-12(7-10(13)2)16(19)20-4/h5-8H,1-4H3,(H,17,18). The molecule has 1 heterocycles. The molecule has 1 aromatic carbocycles. The van der Waals surface area contributed by atoms with E-state index in [1.165, 1.54) is 18.4 Å². The lowest BCUT2D eigenvalue weighted by Crippen LogP contribution is -2.12. The predicted octanol–water partition coefficient (Wildman–Crippen LogP) is 3.71. The Labute approximate surface area is 127 Å². The van der Waals surface area contributed by atoms with Crippen LogP contribution in [0.15, 0.2) is 24.3 Å². The Morgan fingerprint density at radius 1 is 1.10 bits per heavy atom. The first kappa shape index (κ1) is 15.3. The summed E-state index contributed by atoms with van der Waals surface area (Å²) in [5, 5.41) is 2.87. The highest BCUT2D eigenvalue weighted by Gasteiger charge is 2.13. The molecule has 0 saturated heterocycles. The third-order valence-electron chi connectivity index (χ3n) is 3.29. The van der Waals surface area contributed by atoms with Crippen molar-refractivity contribution in [3.63, 3.8) is 0 Å². The summed E-state index contributed by atoms with van der Waals surface area (Å²) in [5.41, 5.74) is 3.09. The molecular weight excluding hydrogens is 286 g/mol. The minimum absolute atomic E-state index is 0.134. The van der Waals surface area contributed by atoms with Gasteiger partial charge in [0, 0.05) is 10.6 Å². The number of ether oxygens (including phenoxy) is 1. The highest BCUT2D eigenvalue weighted by Crippen LogP contribution is 2.23. The van der Waals surface area contributed by atoms with Crippen LogP contribution < -0.4 is 5.32 Å². The van der Waals surface area contributed by atoms with E-state index >= 15 is 0 Å². The van der Waals surface area contributed by atoms with Crippen LogP contribution in [0, 0.1) is 20.8 Å². The molecule has 110 valence electrons. The van der Waals surface area contributed by atoms with Gasteiger partial charge in [-0.15, -0.1) is 11.3 Å². The first-order valence-corrected chi connectivity index (χ1v) is 7.31. The van der Waals surface area contributed by atoms with Crippen molar-refractivity contribution in [1.82, 2.24) is 0 Å². The van der Waals surface area contributed by atoms with Crippen molar-refractivity contribution in [3.8, 4) is 0 Å². The number of benzene rings is 1. The van der Waals surface area contributed by atoms with Gasteiger partial charge in [-0.2, -0.15) is 0 Å². The number of rotatable bonds is 3. The van der Waals surface area contributed by atoms with E-state index in [2.05, 4.69) is 10.1 Å². The Hall–Kier alpha value is -2.14. The van der Waals surface area contributed by atoms with Crippen LogP contribution in [0.4, 0.5) is 5.69 Å². The van der Waals surface area contributed by atoms with E-state index in [1.807, 2.05) is 26.8 Å². The topological polar surface area (TPSA) is 55.4 Å². The zero-order valence-electron chi connectivity index (χ0n) is 12.4. The lowest BCUT2D eigenvalue weighted by atomic mass is 10.1. The van der Waals surface area contributed by atoms with Crippen LogP contribution in [0.5, 0.6) is 0 Å². The van der Waals surface area contributed by atoms with E-state index in [0.29, 0.717) is 16.1 Å². The summed E-state index contributed by atoms with van der Waals surface area (Å²) in [6, 6.07) is 6.94. The summed E-state index contributed by atoms with van der Waals surface area (Å²) in [5.74, 6) is -0.523. The molecule has 0 bridgehead atoms. The lowest BCUT2D eigenvalue weighted by molar-refractivity contribution is 0.0600. The predicted molar refractivity (Wildman–Crippen MR) is 84.3 cm³/mol. The highest BCUT2D eigenvalue weighted by atomic mass is 32.1. The molecule has 0 aliphatic heterocycles. The molecule has 0 aliphatic rings. The summed E-state index contributed by atoms with van der Waals surface area (Å²) >= 11 is 1.47. The van der Waals surface area contributed by atoms with E-state index in [9.17, 15) is 9.59 Å². The summed E-state index contributed by atoms with van der Waals surface area (Å²) in [6.07, 6.45) is 0. The number of carbonyl (C=O) groups is 2. The van der Waals surface area contributed by atoms with Gasteiger partial charge >= 0.3 is 5.97 Å². The number of anilines is 1. The molecule has 0 atom stereocenters. The number of amides is 1. The van der Waals surface area contributed by atoms with Gasteiger partial charge in [0.2, 0.25) is 0 Å². The van der Waals surface area contributed by atoms with Crippen molar-refractivity contribution in [2.24, 2.45) is 0 Å². The van der Waals surface area contributed by atoms with E-state index < -0.39 is 0 Å². The second kappa shape index (κ2) is 6.10. The zero-order chi connectivity index (χ0) is 15.6. The quantitative estimate of drug-likeness (QED) is 0.879. The second-order valence-corrected chi connectivity index (χ2v) is 6.08. The average Bonchev–Trinajstić information content (AvgIpc) is 2.80. The summed E-state index contributed by atoms with van der Waals surface area (Å²) in [4.78, 5) is 25.5. The number of hydrogen-bond donors (Lipinski definition) is 1. The molecule has 0 spiro atoms. The fourth-order valence-electron chi connectivity index (χ4n) is 1.92. The van der Waals surface area contributed by atoms with Crippen LogP contribution in [0.2, 0.25) is 0 Å². The lowest BCUT2D eigenvalue weighted by Gasteiger charge is -2.08. The summed E-state index contributed by atoms with van der Waals surface area (Å²) in [7, 11) is 1.34. The van der Waals surface area contributed by atoms with Crippen LogP contribution in [0.1, 0.15) is 36.0 Å². The van der Waals surface area contributed by atoms with Gasteiger partial charge in [-0.05, 0) is 56.2 Å². The molecule has 1 aromatic heterocycles. The molecule has 0 saturated carbocycles. The van der Waals surface area contributed by atoms with E-state index in [-0.39, 0.29) is 11.9 Å². The molecule has 1 amide bonds. The van der Waals surface area contributed by atoms with Crippen molar-refractivity contribution in [1.29, 1.82) is 0 Å². The number of carbonyl (C=O) groups excluding carboxylic acids is 2. The molecule has 0 radical (unpaired) electrons. The number of esters is 1. The molecular formula is C16H17NO3S. The Morgan fingerprint density at radius 3 is 2.33 bits per heavy atom. The molecule has 0 fully saturated rings. The third-order valence-corrected chi connectivity index (χ3v) is 4.44. The Bertz CT molecular complexity index is 684. The maximum Gasteiger partial charge on any atom is 0.337 e. The van der Waals surface area contributed by atoms with Crippen LogP contribution in [0.3, 0.4) is 0 Å². The molecule has 2 rings (SSSR count). The van der Waals surface area contributed by atoms with Gasteiger partial charge in [-0.3, -0.25) is 4.79 Å². The van der Waals surface area contributed by atoms with Gasteiger partial charge < -0.3 is 10.1 Å². The normalized spacial score (nSPS) is 10.3. The van der Waals surface area contributed by atoms with Crippen LogP contribution >= 0.6 is 11.3 Å². The van der Waals surface area contributed by atoms with Crippen LogP contribution in [0.25, 0.3) is 0 Å². The minimum atomic E-state index is -0.388. The van der Waals surface area contributed by atoms with Gasteiger partial charge in [-0.1, -0.05) is 0 Å². The Morgan fingerprint density at radius 2 is 1.81 bits per heavy atom. The molecule has 5 heteroatoms. The maximum absolute atomic E-state index is 12.2. The van der Waals surface area contributed by atoms with E-state index in [1.54, 1.807) is 18.2 Å². The number of thiophene rings is 1. The van der Waals surface area contributed by atoms with Crippen LogP contribution in [-0.2, 0) is 4.74 Å². The van der Waals surface area contributed by atoms with Gasteiger partial charge in [0.05, 0.1) is 17.6 Å². The summed E-state index contributed by atoms with van der Waals surface area (Å²) in [6.45, 7) is 5.82. The van der Waals surface area contributed by atoms with Gasteiger partial charge in [0.25, 0.3) is 5.91 Å². The van der Waals surface area contributed by atoms with Crippen molar-refractivity contribution in [2.45, 2.75) is 20.8 Å². The van der Waals surface area contributed by atoms with E-state index in [0.717, 1.165) is 16.0 Å². The molecule has 0 unspecified atom stereocenters. The minimum Gasteiger partial charge on any atom is -0.465 e. The monoisotopic (exact) mass is 303 g/mol. The zero-order valence-corrected chi connectivity index (χ0v) is 13.3. The fourth-order valence-corrected chi connectivity index (χ4v) is 2.85. The van der Waals surface area contributed by atoms with E-state index in [4.69, 9.17) is 0 Å². The number of methoxy groups -OCH3 is 1. The van der Waals surface area contributed by atoms with Gasteiger partial charge in [0.15, 0.2) is 0 Å². The molecule has 0 aliphatic carbocycles. The average molecular weight is 303 g/mol. The Kier molecular flexibility index (Phi) is 4.43. The first-order chi connectivity index (χ1) is 9.92. The SMILES string of the molecule is COC(=O)c1ccc(NC(=O)c2cc(C)c(C)s2)c(C)c1. The van der Waals surface area contributed by atoms with Crippen molar-refractivity contribution >= 4 is 28.9 Å². The number of aryl methyl sites for hydroxylation is 3. The van der Waals surface area contributed by atoms with Crippen molar-refractivity contribution in [2.75, 3.05) is 12.4 Å². The van der Waals surface area contributed by atoms with Gasteiger partial charge in [-0.25, -0.2) is 4.79 Å². The number of nitrogens with one attached hydrogen (secondary N) is 1. The first-order valence-electron chi connectivity index (χ1n) is 6.49. The van der Waals surface area contributed by atoms with Gasteiger partial charge in [0.1, 0.15) is 0 Å². The smallest absolute Gasteiger partial charge is 0.337 e. The highest BCUT2D eigenvalue weighted by molar-refractivity contribution is 7.14. The molecule has 4 nitrogen and oxygen atoms in total. The van der Waals surface area contributed by atoms with Crippen molar-refractivity contribution in [3.05, 3.63) is 50.7 Å². The fraction of sp³-hybridized carbons (Fsp3) is 0.250. The summed E-state index contributed by atoms with van der Waals surface area (Å²) < 4.78 is 4.67. The Balaban J connectivity index is 2.20. The number of hydrogen-bond acceptors (Lipinski definition) is 4.